The minimum absolute atomic E-state index is 0.428. The van der Waals surface area contributed by atoms with Crippen molar-refractivity contribution in [2.75, 3.05) is 6.61 Å². The predicted molar refractivity (Wildman–Crippen MR) is 54.1 cm³/mol. The normalized spacial score (nSPS) is 9.21. The standard InChI is InChI=1S/C11H12N2O/c1-4-5-14-11-6-8(2)10(7-12)9(3)13-11/h4,6H,1,5H2,2-3H3. The largest absolute Gasteiger partial charge is 0.473 e. The van der Waals surface area contributed by atoms with Crippen molar-refractivity contribution < 1.29 is 4.74 Å². The molecule has 1 heterocycles. The second kappa shape index (κ2) is 4.43. The summed E-state index contributed by atoms with van der Waals surface area (Å²) in [6.07, 6.45) is 1.66. The second-order valence-corrected chi connectivity index (χ2v) is 2.95. The van der Waals surface area contributed by atoms with E-state index in [9.17, 15) is 0 Å². The van der Waals surface area contributed by atoms with Gasteiger partial charge in [-0.25, -0.2) is 4.98 Å². The molecule has 1 aromatic rings. The number of hydrogen-bond donors (Lipinski definition) is 0. The topological polar surface area (TPSA) is 45.9 Å². The van der Waals surface area contributed by atoms with Gasteiger partial charge >= 0.3 is 0 Å². The lowest BCUT2D eigenvalue weighted by atomic mass is 10.1. The molecule has 0 bridgehead atoms. The number of nitrogens with zero attached hydrogens (tertiary/aromatic N) is 2. The molecule has 0 aliphatic rings. The van der Waals surface area contributed by atoms with Gasteiger partial charge in [-0.2, -0.15) is 5.26 Å². The van der Waals surface area contributed by atoms with E-state index in [1.807, 2.05) is 6.92 Å². The van der Waals surface area contributed by atoms with Crippen LogP contribution in [0.2, 0.25) is 0 Å². The van der Waals surface area contributed by atoms with Crippen LogP contribution in [-0.4, -0.2) is 11.6 Å². The summed E-state index contributed by atoms with van der Waals surface area (Å²) in [6.45, 7) is 7.64. The molecule has 3 heteroatoms. The van der Waals surface area contributed by atoms with Gasteiger partial charge in [-0.15, -0.1) is 0 Å². The molecule has 72 valence electrons. The van der Waals surface area contributed by atoms with E-state index < -0.39 is 0 Å². The van der Waals surface area contributed by atoms with Crippen molar-refractivity contribution in [2.45, 2.75) is 13.8 Å². The van der Waals surface area contributed by atoms with E-state index in [-0.39, 0.29) is 0 Å². The number of rotatable bonds is 3. The molecule has 1 aromatic heterocycles. The molecule has 0 spiro atoms. The fraction of sp³-hybridized carbons (Fsp3) is 0.273. The fourth-order valence-electron chi connectivity index (χ4n) is 1.18. The maximum absolute atomic E-state index is 8.82. The number of nitriles is 1. The molecular formula is C11H12N2O. The highest BCUT2D eigenvalue weighted by molar-refractivity contribution is 5.42. The van der Waals surface area contributed by atoms with Crippen LogP contribution in [-0.2, 0) is 0 Å². The molecule has 0 saturated carbocycles. The summed E-state index contributed by atoms with van der Waals surface area (Å²) in [4.78, 5) is 4.15. The Bertz CT molecular complexity index is 368. The Morgan fingerprint density at radius 1 is 1.64 bits per heavy atom. The first-order chi connectivity index (χ1) is 6.69. The lowest BCUT2D eigenvalue weighted by Crippen LogP contribution is -1.99. The molecule has 0 atom stereocenters. The highest BCUT2D eigenvalue weighted by Gasteiger charge is 2.05. The number of ether oxygens (including phenoxy) is 1. The van der Waals surface area contributed by atoms with Crippen molar-refractivity contribution >= 4 is 0 Å². The average molecular weight is 188 g/mol. The van der Waals surface area contributed by atoms with Gasteiger partial charge in [0.05, 0.1) is 11.3 Å². The van der Waals surface area contributed by atoms with Crippen LogP contribution in [0.25, 0.3) is 0 Å². The van der Waals surface area contributed by atoms with Crippen LogP contribution in [0.4, 0.5) is 0 Å². The van der Waals surface area contributed by atoms with Crippen LogP contribution in [0.15, 0.2) is 18.7 Å². The van der Waals surface area contributed by atoms with Crippen LogP contribution >= 0.6 is 0 Å². The summed E-state index contributed by atoms with van der Waals surface area (Å²) < 4.78 is 5.28. The first kappa shape index (κ1) is 10.3. The Kier molecular flexibility index (Phi) is 3.24. The van der Waals surface area contributed by atoms with Gasteiger partial charge in [0, 0.05) is 6.07 Å². The van der Waals surface area contributed by atoms with Crippen molar-refractivity contribution in [1.29, 1.82) is 5.26 Å². The van der Waals surface area contributed by atoms with E-state index in [2.05, 4.69) is 17.6 Å². The highest BCUT2D eigenvalue weighted by atomic mass is 16.5. The Hall–Kier alpha value is -1.82. The molecule has 14 heavy (non-hydrogen) atoms. The van der Waals surface area contributed by atoms with Crippen molar-refractivity contribution in [3.63, 3.8) is 0 Å². The molecule has 0 amide bonds. The van der Waals surface area contributed by atoms with Crippen molar-refractivity contribution in [1.82, 2.24) is 4.98 Å². The molecule has 3 nitrogen and oxygen atoms in total. The Labute approximate surface area is 83.7 Å². The van der Waals surface area contributed by atoms with Gasteiger partial charge < -0.3 is 4.74 Å². The maximum atomic E-state index is 8.82. The van der Waals surface area contributed by atoms with E-state index in [4.69, 9.17) is 10.00 Å². The summed E-state index contributed by atoms with van der Waals surface area (Å²) in [6, 6.07) is 3.87. The van der Waals surface area contributed by atoms with E-state index in [1.54, 1.807) is 19.1 Å². The molecule has 0 aromatic carbocycles. The van der Waals surface area contributed by atoms with E-state index in [0.717, 1.165) is 5.56 Å². The molecule has 0 N–H and O–H groups in total. The third kappa shape index (κ3) is 2.11. The van der Waals surface area contributed by atoms with Gasteiger partial charge in [-0.3, -0.25) is 0 Å². The molecule has 1 rings (SSSR count). The Balaban J connectivity index is 3.02. The third-order valence-electron chi connectivity index (χ3n) is 1.83. The van der Waals surface area contributed by atoms with Crippen LogP contribution in [0.3, 0.4) is 0 Å². The number of pyridine rings is 1. The van der Waals surface area contributed by atoms with Crippen molar-refractivity contribution in [3.05, 3.63) is 35.5 Å². The van der Waals surface area contributed by atoms with E-state index >= 15 is 0 Å². The lowest BCUT2D eigenvalue weighted by molar-refractivity contribution is 0.347. The summed E-state index contributed by atoms with van der Waals surface area (Å²) in [5.74, 6) is 0.541. The van der Waals surface area contributed by atoms with Gasteiger partial charge in [0.25, 0.3) is 0 Å². The monoisotopic (exact) mass is 188 g/mol. The van der Waals surface area contributed by atoms with Crippen LogP contribution in [0, 0.1) is 25.2 Å². The molecule has 0 fully saturated rings. The van der Waals surface area contributed by atoms with Gasteiger partial charge in [-0.05, 0) is 19.4 Å². The zero-order valence-corrected chi connectivity index (χ0v) is 8.37. The quantitative estimate of drug-likeness (QED) is 0.682. The number of aryl methyl sites for hydroxylation is 2. The highest BCUT2D eigenvalue weighted by Crippen LogP contribution is 2.16. The Morgan fingerprint density at radius 3 is 2.86 bits per heavy atom. The van der Waals surface area contributed by atoms with Gasteiger partial charge in [-0.1, -0.05) is 12.7 Å². The van der Waals surface area contributed by atoms with Crippen LogP contribution < -0.4 is 4.74 Å². The van der Waals surface area contributed by atoms with Crippen molar-refractivity contribution in [2.24, 2.45) is 0 Å². The minimum atomic E-state index is 0.428. The minimum Gasteiger partial charge on any atom is -0.473 e. The third-order valence-corrected chi connectivity index (χ3v) is 1.83. The van der Waals surface area contributed by atoms with Crippen LogP contribution in [0.1, 0.15) is 16.8 Å². The Morgan fingerprint density at radius 2 is 2.36 bits per heavy atom. The predicted octanol–water partition coefficient (Wildman–Crippen LogP) is 2.13. The molecule has 0 aliphatic heterocycles. The maximum Gasteiger partial charge on any atom is 0.214 e. The first-order valence-electron chi connectivity index (χ1n) is 4.31. The fourth-order valence-corrected chi connectivity index (χ4v) is 1.18. The summed E-state index contributed by atoms with van der Waals surface area (Å²) in [5.41, 5.74) is 2.21. The van der Waals surface area contributed by atoms with Gasteiger partial charge in [0.2, 0.25) is 5.88 Å². The molecule has 0 radical (unpaired) electrons. The number of aromatic nitrogens is 1. The van der Waals surface area contributed by atoms with Gasteiger partial charge in [0.15, 0.2) is 0 Å². The van der Waals surface area contributed by atoms with E-state index in [0.29, 0.717) is 23.7 Å². The zero-order chi connectivity index (χ0) is 10.6. The summed E-state index contributed by atoms with van der Waals surface area (Å²) >= 11 is 0. The lowest BCUT2D eigenvalue weighted by Gasteiger charge is -2.06. The SMILES string of the molecule is C=CCOc1cc(C)c(C#N)c(C)n1. The van der Waals surface area contributed by atoms with Gasteiger partial charge in [0.1, 0.15) is 12.7 Å². The molecule has 0 aliphatic carbocycles. The zero-order valence-electron chi connectivity index (χ0n) is 8.37. The number of hydrogen-bond acceptors (Lipinski definition) is 3. The van der Waals surface area contributed by atoms with Crippen LogP contribution in [0.5, 0.6) is 5.88 Å². The first-order valence-corrected chi connectivity index (χ1v) is 4.31. The summed E-state index contributed by atoms with van der Waals surface area (Å²) in [5, 5.41) is 8.82. The molecule has 0 unspecified atom stereocenters. The molecular weight excluding hydrogens is 176 g/mol. The van der Waals surface area contributed by atoms with Crippen molar-refractivity contribution in [3.8, 4) is 11.9 Å². The molecule has 0 saturated heterocycles. The smallest absolute Gasteiger partial charge is 0.214 e. The second-order valence-electron chi connectivity index (χ2n) is 2.95. The summed E-state index contributed by atoms with van der Waals surface area (Å²) in [7, 11) is 0. The van der Waals surface area contributed by atoms with E-state index in [1.165, 1.54) is 0 Å². The average Bonchev–Trinajstić information content (AvgIpc) is 2.14.